The molecular weight excluding hydrogens is 246 g/mol. The Kier molecular flexibility index (Phi) is 5.83. The molecule has 1 saturated carbocycles. The zero-order chi connectivity index (χ0) is 13.8. The molecule has 1 fully saturated rings. The van der Waals surface area contributed by atoms with E-state index in [2.05, 4.69) is 17.8 Å². The molecule has 18 heavy (non-hydrogen) atoms. The van der Waals surface area contributed by atoms with E-state index in [1.807, 2.05) is 20.8 Å². The number of carbonyl (C=O) groups excluding carboxylic acids is 1. The monoisotopic (exact) mass is 275 g/mol. The van der Waals surface area contributed by atoms with Crippen LogP contribution < -0.4 is 5.32 Å². The molecule has 4 heteroatoms. The second-order valence-electron chi connectivity index (χ2n) is 6.64. The standard InChI is InChI=1S/C14H29NO2S/c1-14(2,3)17-13(16)15-12-8-6-7-11(9-12)10-18(4)5/h11-12,18H,6-10H2,1-5H3,(H,15,16). The number of rotatable bonds is 3. The van der Waals surface area contributed by atoms with Crippen molar-refractivity contribution in [3.8, 4) is 0 Å². The molecule has 0 aromatic rings. The van der Waals surface area contributed by atoms with Crippen LogP contribution in [0.15, 0.2) is 0 Å². The molecular formula is C14H29NO2S. The average molecular weight is 275 g/mol. The summed E-state index contributed by atoms with van der Waals surface area (Å²) < 4.78 is 5.31. The highest BCUT2D eigenvalue weighted by atomic mass is 32.2. The number of nitrogens with one attached hydrogen (secondary N) is 1. The van der Waals surface area contributed by atoms with Gasteiger partial charge in [-0.05, 0) is 64.2 Å². The maximum Gasteiger partial charge on any atom is 0.407 e. The van der Waals surface area contributed by atoms with E-state index in [9.17, 15) is 4.79 Å². The van der Waals surface area contributed by atoms with E-state index >= 15 is 0 Å². The van der Waals surface area contributed by atoms with E-state index in [-0.39, 0.29) is 17.0 Å². The molecule has 1 aliphatic rings. The van der Waals surface area contributed by atoms with Crippen molar-refractivity contribution in [2.75, 3.05) is 18.3 Å². The van der Waals surface area contributed by atoms with Gasteiger partial charge in [0.2, 0.25) is 0 Å². The van der Waals surface area contributed by atoms with Crippen LogP contribution in [-0.4, -0.2) is 36.0 Å². The quantitative estimate of drug-likeness (QED) is 0.775. The fraction of sp³-hybridized carbons (Fsp3) is 0.929. The summed E-state index contributed by atoms with van der Waals surface area (Å²) in [6.45, 7) is 5.70. The summed E-state index contributed by atoms with van der Waals surface area (Å²) in [5, 5.41) is 3.02. The lowest BCUT2D eigenvalue weighted by Crippen LogP contribution is -2.41. The van der Waals surface area contributed by atoms with E-state index in [0.29, 0.717) is 6.04 Å². The minimum Gasteiger partial charge on any atom is -0.444 e. The maximum absolute atomic E-state index is 11.7. The molecule has 2 unspecified atom stereocenters. The fourth-order valence-corrected chi connectivity index (χ4v) is 3.94. The summed E-state index contributed by atoms with van der Waals surface area (Å²) in [6.07, 6.45) is 9.19. The van der Waals surface area contributed by atoms with Gasteiger partial charge in [0.25, 0.3) is 0 Å². The van der Waals surface area contributed by atoms with Crippen LogP contribution in [0.3, 0.4) is 0 Å². The molecule has 2 atom stereocenters. The summed E-state index contributed by atoms with van der Waals surface area (Å²) in [7, 11) is 0.171. The van der Waals surface area contributed by atoms with Crippen molar-refractivity contribution in [1.82, 2.24) is 5.32 Å². The van der Waals surface area contributed by atoms with Crippen molar-refractivity contribution >= 4 is 17.0 Å². The first-order chi connectivity index (χ1) is 8.26. The second-order valence-corrected chi connectivity index (χ2v) is 9.16. The first kappa shape index (κ1) is 15.7. The van der Waals surface area contributed by atoms with Gasteiger partial charge in [-0.1, -0.05) is 6.42 Å². The van der Waals surface area contributed by atoms with Crippen LogP contribution in [0.1, 0.15) is 46.5 Å². The van der Waals surface area contributed by atoms with Gasteiger partial charge in [0, 0.05) is 6.04 Å². The number of ether oxygens (including phenoxy) is 1. The second kappa shape index (κ2) is 6.69. The largest absolute Gasteiger partial charge is 0.444 e. The summed E-state index contributed by atoms with van der Waals surface area (Å²) in [4.78, 5) is 11.7. The van der Waals surface area contributed by atoms with Gasteiger partial charge in [0.15, 0.2) is 0 Å². The molecule has 1 rings (SSSR count). The topological polar surface area (TPSA) is 38.3 Å². The van der Waals surface area contributed by atoms with Crippen molar-refractivity contribution in [2.24, 2.45) is 5.92 Å². The van der Waals surface area contributed by atoms with E-state index in [0.717, 1.165) is 18.8 Å². The van der Waals surface area contributed by atoms with Crippen molar-refractivity contribution in [2.45, 2.75) is 58.1 Å². The van der Waals surface area contributed by atoms with E-state index in [4.69, 9.17) is 4.74 Å². The Labute approximate surface area is 114 Å². The Bertz CT molecular complexity index is 273. The minimum absolute atomic E-state index is 0.171. The highest BCUT2D eigenvalue weighted by Gasteiger charge is 2.25. The maximum atomic E-state index is 11.7. The van der Waals surface area contributed by atoms with Crippen molar-refractivity contribution in [3.63, 3.8) is 0 Å². The van der Waals surface area contributed by atoms with Gasteiger partial charge in [0.05, 0.1) is 0 Å². The normalized spacial score (nSPS) is 25.5. The van der Waals surface area contributed by atoms with E-state index in [1.54, 1.807) is 0 Å². The third kappa shape index (κ3) is 6.53. The van der Waals surface area contributed by atoms with Gasteiger partial charge < -0.3 is 10.1 Å². The number of amides is 1. The number of carbonyl (C=O) groups is 1. The molecule has 0 bridgehead atoms. The summed E-state index contributed by atoms with van der Waals surface area (Å²) in [5.41, 5.74) is -0.403. The Balaban J connectivity index is 2.36. The van der Waals surface area contributed by atoms with Crippen LogP contribution in [-0.2, 0) is 4.74 Å². The SMILES string of the molecule is C[SH](C)CC1CCCC(NC(=O)OC(C)(C)C)C1. The lowest BCUT2D eigenvalue weighted by Gasteiger charge is -2.32. The molecule has 1 aliphatic carbocycles. The molecule has 1 amide bonds. The molecule has 108 valence electrons. The molecule has 0 heterocycles. The highest BCUT2D eigenvalue weighted by molar-refractivity contribution is 8.15. The van der Waals surface area contributed by atoms with Gasteiger partial charge >= 0.3 is 6.09 Å². The first-order valence-corrected chi connectivity index (χ1v) is 9.32. The van der Waals surface area contributed by atoms with Crippen molar-refractivity contribution in [1.29, 1.82) is 0 Å². The zero-order valence-electron chi connectivity index (χ0n) is 12.5. The average Bonchev–Trinajstić information content (AvgIpc) is 2.13. The van der Waals surface area contributed by atoms with Crippen LogP contribution >= 0.6 is 10.9 Å². The Morgan fingerprint density at radius 3 is 2.56 bits per heavy atom. The molecule has 0 saturated heterocycles. The van der Waals surface area contributed by atoms with Crippen LogP contribution in [0.2, 0.25) is 0 Å². The minimum atomic E-state index is -0.403. The van der Waals surface area contributed by atoms with Crippen LogP contribution in [0.25, 0.3) is 0 Å². The van der Waals surface area contributed by atoms with Gasteiger partial charge in [0.1, 0.15) is 5.60 Å². The van der Waals surface area contributed by atoms with Gasteiger partial charge in [-0.2, -0.15) is 0 Å². The summed E-state index contributed by atoms with van der Waals surface area (Å²) in [6, 6.07) is 0.313. The molecule has 0 spiro atoms. The van der Waals surface area contributed by atoms with E-state index in [1.165, 1.54) is 18.6 Å². The van der Waals surface area contributed by atoms with Crippen LogP contribution in [0, 0.1) is 5.92 Å². The van der Waals surface area contributed by atoms with Crippen LogP contribution in [0.5, 0.6) is 0 Å². The van der Waals surface area contributed by atoms with Crippen molar-refractivity contribution < 1.29 is 9.53 Å². The molecule has 1 N–H and O–H groups in total. The van der Waals surface area contributed by atoms with Gasteiger partial charge in [-0.3, -0.25) is 10.9 Å². The smallest absolute Gasteiger partial charge is 0.407 e. The molecule has 0 aromatic heterocycles. The lowest BCUT2D eigenvalue weighted by atomic mass is 9.87. The van der Waals surface area contributed by atoms with Gasteiger partial charge in [-0.25, -0.2) is 4.79 Å². The van der Waals surface area contributed by atoms with E-state index < -0.39 is 5.60 Å². The molecule has 0 aliphatic heterocycles. The predicted molar refractivity (Wildman–Crippen MR) is 80.8 cm³/mol. The number of hydrogen-bond acceptors (Lipinski definition) is 2. The number of hydrogen-bond donors (Lipinski definition) is 2. The number of thiol groups is 1. The number of alkyl carbamates (subject to hydrolysis) is 1. The molecule has 0 radical (unpaired) electrons. The summed E-state index contributed by atoms with van der Waals surface area (Å²) in [5.74, 6) is 2.13. The lowest BCUT2D eigenvalue weighted by molar-refractivity contribution is 0.0487. The Morgan fingerprint density at radius 2 is 2.00 bits per heavy atom. The predicted octanol–water partition coefficient (Wildman–Crippen LogP) is 3.33. The van der Waals surface area contributed by atoms with Crippen molar-refractivity contribution in [3.05, 3.63) is 0 Å². The van der Waals surface area contributed by atoms with Gasteiger partial charge in [-0.15, -0.1) is 0 Å². The molecule has 3 nitrogen and oxygen atoms in total. The third-order valence-electron chi connectivity index (χ3n) is 3.13. The Hall–Kier alpha value is -0.380. The zero-order valence-corrected chi connectivity index (χ0v) is 13.3. The summed E-state index contributed by atoms with van der Waals surface area (Å²) >= 11 is 0. The van der Waals surface area contributed by atoms with Crippen LogP contribution in [0.4, 0.5) is 4.79 Å². The first-order valence-electron chi connectivity index (χ1n) is 6.90. The molecule has 0 aromatic carbocycles. The Morgan fingerprint density at radius 1 is 1.33 bits per heavy atom. The highest BCUT2D eigenvalue weighted by Crippen LogP contribution is 2.30. The fourth-order valence-electron chi connectivity index (χ4n) is 2.58. The third-order valence-corrected chi connectivity index (χ3v) is 4.37.